The van der Waals surface area contributed by atoms with Gasteiger partial charge in [-0.05, 0) is 72.9 Å². The standard InChI is InChI=1S/C24H29N5O4S/c1-14-3-8-20-16(9-10-34-20)12-28(14)21(30)13-29(23(25)32)22(31)19-6-4-15-11-17(5-7-18(15)19)27-24(33)26-2/h5,7,9-11,14,19H,3-4,6,8,12-13H2,1-2H3,(H2,25,32)(H2,26,27,33)/t14-,19+/m1/s1. The van der Waals surface area contributed by atoms with Gasteiger partial charge in [-0.3, -0.25) is 14.5 Å². The van der Waals surface area contributed by atoms with Gasteiger partial charge >= 0.3 is 12.1 Å². The average molecular weight is 484 g/mol. The van der Waals surface area contributed by atoms with Crippen LogP contribution in [0.5, 0.6) is 0 Å². The number of primary amides is 1. The van der Waals surface area contributed by atoms with Crippen molar-refractivity contribution in [3.63, 3.8) is 0 Å². The monoisotopic (exact) mass is 483 g/mol. The summed E-state index contributed by atoms with van der Waals surface area (Å²) in [5, 5.41) is 7.23. The van der Waals surface area contributed by atoms with Crippen molar-refractivity contribution in [2.24, 2.45) is 5.73 Å². The first-order valence-corrected chi connectivity index (χ1v) is 12.2. The highest BCUT2D eigenvalue weighted by atomic mass is 32.1. The molecule has 34 heavy (non-hydrogen) atoms. The third kappa shape index (κ3) is 4.77. The predicted molar refractivity (Wildman–Crippen MR) is 130 cm³/mol. The molecule has 0 saturated heterocycles. The lowest BCUT2D eigenvalue weighted by Crippen LogP contribution is -2.50. The van der Waals surface area contributed by atoms with Gasteiger partial charge in [-0.25, -0.2) is 9.59 Å². The smallest absolute Gasteiger partial charge is 0.321 e. The minimum absolute atomic E-state index is 0.00428. The van der Waals surface area contributed by atoms with Gasteiger partial charge in [0, 0.05) is 30.2 Å². The van der Waals surface area contributed by atoms with Crippen molar-refractivity contribution in [1.82, 2.24) is 15.1 Å². The third-order valence-corrected chi connectivity index (χ3v) is 7.67. The van der Waals surface area contributed by atoms with Crippen LogP contribution < -0.4 is 16.4 Å². The number of anilines is 1. The molecule has 0 unspecified atom stereocenters. The number of rotatable bonds is 4. The minimum atomic E-state index is -0.927. The number of hydrogen-bond donors (Lipinski definition) is 3. The van der Waals surface area contributed by atoms with Crippen molar-refractivity contribution in [1.29, 1.82) is 0 Å². The molecule has 1 aromatic heterocycles. The lowest BCUT2D eigenvalue weighted by Gasteiger charge is -2.30. The maximum Gasteiger partial charge on any atom is 0.321 e. The van der Waals surface area contributed by atoms with E-state index in [1.807, 2.05) is 24.4 Å². The quantitative estimate of drug-likeness (QED) is 0.618. The van der Waals surface area contributed by atoms with E-state index >= 15 is 0 Å². The number of urea groups is 2. The summed E-state index contributed by atoms with van der Waals surface area (Å²) < 4.78 is 0. The maximum absolute atomic E-state index is 13.4. The van der Waals surface area contributed by atoms with Gasteiger partial charge < -0.3 is 21.3 Å². The van der Waals surface area contributed by atoms with Crippen LogP contribution in [-0.2, 0) is 29.0 Å². The van der Waals surface area contributed by atoms with Crippen molar-refractivity contribution in [3.8, 4) is 0 Å². The molecule has 4 rings (SSSR count). The zero-order valence-corrected chi connectivity index (χ0v) is 20.1. The first-order valence-electron chi connectivity index (χ1n) is 11.4. The Balaban J connectivity index is 1.49. The first kappa shape index (κ1) is 23.7. The van der Waals surface area contributed by atoms with E-state index in [1.54, 1.807) is 28.4 Å². The Morgan fingerprint density at radius 3 is 2.68 bits per heavy atom. The molecule has 9 nitrogen and oxygen atoms in total. The summed E-state index contributed by atoms with van der Waals surface area (Å²) in [6.45, 7) is 2.08. The number of aryl methyl sites for hydroxylation is 2. The number of nitrogens with two attached hydrogens (primary N) is 1. The first-order chi connectivity index (χ1) is 16.3. The SMILES string of the molecule is CNC(=O)Nc1ccc2c(c1)CC[C@@H]2C(=O)N(CC(=O)N1Cc2ccsc2CC[C@H]1C)C(N)=O. The van der Waals surface area contributed by atoms with Crippen molar-refractivity contribution in [2.45, 2.75) is 51.1 Å². The lowest BCUT2D eigenvalue weighted by atomic mass is 9.99. The van der Waals surface area contributed by atoms with Gasteiger partial charge in [0.1, 0.15) is 6.54 Å². The summed E-state index contributed by atoms with van der Waals surface area (Å²) in [4.78, 5) is 54.3. The number of nitrogens with zero attached hydrogens (tertiary/aromatic N) is 2. The van der Waals surface area contributed by atoms with E-state index < -0.39 is 17.9 Å². The zero-order valence-electron chi connectivity index (χ0n) is 19.3. The molecular formula is C24H29N5O4S. The fraction of sp³-hybridized carbons (Fsp3) is 0.417. The summed E-state index contributed by atoms with van der Waals surface area (Å²) in [7, 11) is 1.53. The molecule has 0 saturated carbocycles. The number of carbonyl (C=O) groups excluding carboxylic acids is 4. The zero-order chi connectivity index (χ0) is 24.4. The number of imide groups is 1. The molecule has 2 atom stereocenters. The molecule has 0 spiro atoms. The molecule has 2 heterocycles. The average Bonchev–Trinajstić information content (AvgIpc) is 3.41. The molecule has 1 aliphatic heterocycles. The summed E-state index contributed by atoms with van der Waals surface area (Å²) in [6.07, 6.45) is 2.87. The van der Waals surface area contributed by atoms with Crippen molar-refractivity contribution < 1.29 is 19.2 Å². The van der Waals surface area contributed by atoms with Crippen LogP contribution in [0, 0.1) is 0 Å². The van der Waals surface area contributed by atoms with Crippen LogP contribution in [0.15, 0.2) is 29.6 Å². The highest BCUT2D eigenvalue weighted by molar-refractivity contribution is 7.10. The molecule has 4 N–H and O–H groups in total. The highest BCUT2D eigenvalue weighted by Gasteiger charge is 2.36. The van der Waals surface area contributed by atoms with Crippen LogP contribution in [-0.4, -0.2) is 53.3 Å². The molecule has 0 bridgehead atoms. The van der Waals surface area contributed by atoms with Crippen LogP contribution in [0.25, 0.3) is 0 Å². The molecule has 0 fully saturated rings. The van der Waals surface area contributed by atoms with Gasteiger partial charge in [0.05, 0.1) is 5.92 Å². The number of benzene rings is 1. The molecule has 180 valence electrons. The number of nitrogens with one attached hydrogen (secondary N) is 2. The van der Waals surface area contributed by atoms with Crippen LogP contribution in [0.3, 0.4) is 0 Å². The van der Waals surface area contributed by atoms with E-state index in [0.717, 1.165) is 34.4 Å². The predicted octanol–water partition coefficient (Wildman–Crippen LogP) is 2.80. The maximum atomic E-state index is 13.4. The largest absolute Gasteiger partial charge is 0.351 e. The molecule has 1 aromatic carbocycles. The minimum Gasteiger partial charge on any atom is -0.351 e. The highest BCUT2D eigenvalue weighted by Crippen LogP contribution is 2.36. The molecule has 6 amide bonds. The van der Waals surface area contributed by atoms with Gasteiger partial charge in [0.25, 0.3) is 0 Å². The van der Waals surface area contributed by atoms with Gasteiger partial charge in [-0.1, -0.05) is 6.07 Å². The summed E-state index contributed by atoms with van der Waals surface area (Å²) in [6, 6.07) is 6.09. The summed E-state index contributed by atoms with van der Waals surface area (Å²) in [5.41, 5.74) is 9.02. The van der Waals surface area contributed by atoms with Crippen LogP contribution >= 0.6 is 11.3 Å². The molecule has 10 heteroatoms. The molecule has 1 aliphatic carbocycles. The fourth-order valence-corrected chi connectivity index (χ4v) is 5.64. The van der Waals surface area contributed by atoms with Crippen LogP contribution in [0.1, 0.15) is 47.3 Å². The van der Waals surface area contributed by atoms with Gasteiger partial charge in [0.2, 0.25) is 11.8 Å². The third-order valence-electron chi connectivity index (χ3n) is 6.65. The Kier molecular flexibility index (Phi) is 6.87. The van der Waals surface area contributed by atoms with E-state index in [2.05, 4.69) is 10.6 Å². The van der Waals surface area contributed by atoms with Gasteiger partial charge in [0.15, 0.2) is 0 Å². The Morgan fingerprint density at radius 2 is 1.94 bits per heavy atom. The lowest BCUT2D eigenvalue weighted by molar-refractivity contribution is -0.140. The van der Waals surface area contributed by atoms with E-state index in [9.17, 15) is 19.2 Å². The second kappa shape index (κ2) is 9.84. The number of amides is 6. The Labute approximate surface area is 202 Å². The molecule has 0 radical (unpaired) electrons. The second-order valence-electron chi connectivity index (χ2n) is 8.75. The van der Waals surface area contributed by atoms with Crippen molar-refractivity contribution >= 4 is 40.9 Å². The Hall–Kier alpha value is -3.40. The van der Waals surface area contributed by atoms with E-state index in [-0.39, 0.29) is 24.5 Å². The number of hydrogen-bond acceptors (Lipinski definition) is 5. The topological polar surface area (TPSA) is 125 Å². The normalized spacial score (nSPS) is 18.9. The Bertz CT molecular complexity index is 1130. The van der Waals surface area contributed by atoms with Crippen LogP contribution in [0.4, 0.5) is 15.3 Å². The number of fused-ring (bicyclic) bond motifs is 2. The summed E-state index contributed by atoms with van der Waals surface area (Å²) >= 11 is 1.69. The number of carbonyl (C=O) groups is 4. The fourth-order valence-electron chi connectivity index (χ4n) is 4.72. The number of thiophene rings is 1. The Morgan fingerprint density at radius 1 is 1.15 bits per heavy atom. The van der Waals surface area contributed by atoms with Crippen LogP contribution in [0.2, 0.25) is 0 Å². The van der Waals surface area contributed by atoms with E-state index in [1.165, 1.54) is 11.9 Å². The summed E-state index contributed by atoms with van der Waals surface area (Å²) in [5.74, 6) is -1.32. The van der Waals surface area contributed by atoms with Crippen molar-refractivity contribution in [2.75, 3.05) is 18.9 Å². The van der Waals surface area contributed by atoms with E-state index in [4.69, 9.17) is 5.73 Å². The molecular weight excluding hydrogens is 454 g/mol. The van der Waals surface area contributed by atoms with E-state index in [0.29, 0.717) is 25.1 Å². The molecule has 2 aromatic rings. The van der Waals surface area contributed by atoms with Crippen molar-refractivity contribution in [3.05, 3.63) is 51.2 Å². The van der Waals surface area contributed by atoms with Gasteiger partial charge in [-0.2, -0.15) is 0 Å². The molecule has 2 aliphatic rings. The second-order valence-corrected chi connectivity index (χ2v) is 9.75. The van der Waals surface area contributed by atoms with Gasteiger partial charge in [-0.15, -0.1) is 11.3 Å².